The second-order valence-corrected chi connectivity index (χ2v) is 32.4. The van der Waals surface area contributed by atoms with E-state index in [9.17, 15) is 58.0 Å². The number of carbonyl (C=O) groups is 2. The number of nitrogens with zero attached hydrogens (tertiary/aromatic N) is 8. The van der Waals surface area contributed by atoms with Crippen molar-refractivity contribution in [1.82, 2.24) is 19.6 Å². The van der Waals surface area contributed by atoms with Gasteiger partial charge in [0.2, 0.25) is 26.8 Å². The maximum absolute atomic E-state index is 14.0. The molecule has 2 aliphatic rings. The van der Waals surface area contributed by atoms with Crippen LogP contribution in [0.25, 0.3) is 21.1 Å². The first-order chi connectivity index (χ1) is 41.2. The Labute approximate surface area is 537 Å². The molecule has 0 amide bonds. The number of amidine groups is 2. The van der Waals surface area contributed by atoms with Crippen LogP contribution in [-0.4, -0.2) is 121 Å². The normalized spacial score (nSPS) is 14.1. The van der Waals surface area contributed by atoms with Gasteiger partial charge in [0, 0.05) is 27.2 Å². The van der Waals surface area contributed by atoms with Crippen molar-refractivity contribution in [3.05, 3.63) is 103 Å². The van der Waals surface area contributed by atoms with E-state index in [2.05, 4.69) is 34.4 Å². The summed E-state index contributed by atoms with van der Waals surface area (Å²) in [5, 5.41) is 29.3. The first kappa shape index (κ1) is 73.5. The zero-order valence-electron chi connectivity index (χ0n) is 51.3. The molecule has 8 rings (SSSR count). The topological polar surface area (TPSA) is 344 Å². The number of carbonyl (C=O) groups excluding carboxylic acids is 2. The summed E-state index contributed by atoms with van der Waals surface area (Å²) in [5.41, 5.74) is -2.36. The Morgan fingerprint density at radius 2 is 1.07 bits per heavy atom. The third-order valence-corrected chi connectivity index (χ3v) is 19.9. The number of aromatic hydroxyl groups is 1. The molecule has 6 aromatic rings. The number of aryl methyl sites for hydroxylation is 2. The number of hydrogen-bond donors (Lipinski definition) is 3. The number of nitrogens with one attached hydrogen (secondary N) is 2. The molecule has 2 aliphatic heterocycles. The van der Waals surface area contributed by atoms with Gasteiger partial charge in [-0.1, -0.05) is 58.9 Å². The van der Waals surface area contributed by atoms with Gasteiger partial charge in [-0.05, 0) is 126 Å². The lowest BCUT2D eigenvalue weighted by Crippen LogP contribution is -2.35. The first-order valence-corrected chi connectivity index (χ1v) is 36.1. The third kappa shape index (κ3) is 17.8. The molecule has 33 heteroatoms. The van der Waals surface area contributed by atoms with Gasteiger partial charge in [-0.25, -0.2) is 26.2 Å². The number of anilines is 4. The molecule has 4 aromatic heterocycles. The van der Waals surface area contributed by atoms with Crippen LogP contribution < -0.4 is 35.1 Å². The summed E-state index contributed by atoms with van der Waals surface area (Å²) >= 11 is 7.79. The number of alkyl halides is 1. The van der Waals surface area contributed by atoms with Crippen LogP contribution in [0.3, 0.4) is 0 Å². The maximum atomic E-state index is 14.0. The van der Waals surface area contributed by atoms with Crippen LogP contribution in [0, 0.1) is 22.7 Å². The van der Waals surface area contributed by atoms with Crippen molar-refractivity contribution < 1.29 is 62.6 Å². The molecule has 0 bridgehead atoms. The summed E-state index contributed by atoms with van der Waals surface area (Å²) in [6.45, 7) is 18.3. The molecule has 0 saturated carbocycles. The highest BCUT2D eigenvalue weighted by molar-refractivity contribution is 7.92. The molecule has 90 heavy (non-hydrogen) atoms. The molecule has 0 atom stereocenters. The molecule has 492 valence electrons. The molecule has 3 N–H and O–H groups in total. The minimum Gasteiger partial charge on any atom is -0.505 e. The summed E-state index contributed by atoms with van der Waals surface area (Å²) in [6.07, 6.45) is 3.24. The van der Waals surface area contributed by atoms with E-state index in [1.807, 2.05) is 33.1 Å². The molecule has 0 saturated heterocycles. The molecule has 6 heterocycles. The van der Waals surface area contributed by atoms with Crippen LogP contribution in [0.15, 0.2) is 99.6 Å². The van der Waals surface area contributed by atoms with E-state index in [0.717, 1.165) is 21.1 Å². The average Bonchev–Trinajstić information content (AvgIpc) is 1.06. The number of thiophene rings is 2. The summed E-state index contributed by atoms with van der Waals surface area (Å²) in [6, 6.07) is 15.0. The predicted molar refractivity (Wildman–Crippen MR) is 352 cm³/mol. The van der Waals surface area contributed by atoms with E-state index in [0.29, 0.717) is 22.6 Å². The molecule has 0 aliphatic carbocycles. The van der Waals surface area contributed by atoms with Crippen molar-refractivity contribution >= 4 is 121 Å². The van der Waals surface area contributed by atoms with E-state index in [-0.39, 0.29) is 117 Å². The number of aromatic nitrogens is 4. The van der Waals surface area contributed by atoms with Gasteiger partial charge in [0.15, 0.2) is 29.2 Å². The number of ether oxygens (including phenoxy) is 3. The smallest absolute Gasteiger partial charge is 0.314 e. The van der Waals surface area contributed by atoms with Crippen LogP contribution in [0.5, 0.6) is 11.5 Å². The number of benzene rings is 2. The van der Waals surface area contributed by atoms with Crippen molar-refractivity contribution in [1.29, 1.82) is 0 Å². The second kappa shape index (κ2) is 28.9. The maximum Gasteiger partial charge on any atom is 0.314 e. The fourth-order valence-corrected chi connectivity index (χ4v) is 12.6. The second-order valence-electron chi connectivity index (χ2n) is 23.1. The fourth-order valence-electron chi connectivity index (χ4n) is 7.81. The Balaban J connectivity index is 0.000000289. The predicted octanol–water partition coefficient (Wildman–Crippen LogP) is 8.99. The number of halogens is 1. The number of sulfonamides is 4. The van der Waals surface area contributed by atoms with E-state index in [1.54, 1.807) is 71.2 Å². The zero-order valence-corrected chi connectivity index (χ0v) is 57.0. The molecule has 0 fully saturated rings. The van der Waals surface area contributed by atoms with Crippen LogP contribution in [0.4, 0.5) is 22.7 Å². The van der Waals surface area contributed by atoms with Gasteiger partial charge in [-0.3, -0.25) is 27.8 Å². The first-order valence-electron chi connectivity index (χ1n) is 27.2. The van der Waals surface area contributed by atoms with Crippen molar-refractivity contribution in [3.8, 4) is 32.6 Å². The van der Waals surface area contributed by atoms with Gasteiger partial charge >= 0.3 is 11.9 Å². The Morgan fingerprint density at radius 1 is 0.667 bits per heavy atom. The standard InChI is InChI=1S/C28H35N5O8S3.C22H25N5O6S3.C6H11ClO2.CH4/c1-17(2)12-13-33-26(34)22(24(23(30-33)20-9-8-14-42-20)40-16-41-27(35)28(3,4)5)25-29-19-11-10-18(32(6)43(7,36)37)15-21(19)44(38,39)31-25;1-13(2)9-10-27-22(29)18(20(28)19(24-27)16-6-5-11-34-16)21-23-15-8-7-14(26(3)35(4,30)31)12-17(15)36(32,33)25-21;1-6(2,3)5(8)9-4-7;/h8-11,14-15,17H,12-13,16H2,1-7H3,(H,29,31);5-8,11-13,28H,9-10H2,1-4H3,(H,23,25);4H2,1-3H3;1H4. The lowest BCUT2D eigenvalue weighted by Gasteiger charge is -2.24. The van der Waals surface area contributed by atoms with Gasteiger partial charge in [0.25, 0.3) is 31.2 Å². The van der Waals surface area contributed by atoms with Gasteiger partial charge in [-0.15, -0.1) is 31.5 Å². The largest absolute Gasteiger partial charge is 0.505 e. The lowest BCUT2D eigenvalue weighted by molar-refractivity contribution is -0.159. The highest BCUT2D eigenvalue weighted by atomic mass is 35.5. The Morgan fingerprint density at radius 3 is 1.44 bits per heavy atom. The van der Waals surface area contributed by atoms with Crippen LogP contribution in [0.2, 0.25) is 0 Å². The van der Waals surface area contributed by atoms with Crippen molar-refractivity contribution in [3.63, 3.8) is 0 Å². The van der Waals surface area contributed by atoms with Gasteiger partial charge in [-0.2, -0.15) is 27.0 Å². The minimum absolute atomic E-state index is 0. The highest BCUT2D eigenvalue weighted by Crippen LogP contribution is 2.39. The number of esters is 2. The average molecular weight is 1380 g/mol. The summed E-state index contributed by atoms with van der Waals surface area (Å²) in [7, 11) is -13.5. The zero-order chi connectivity index (χ0) is 66.5. The van der Waals surface area contributed by atoms with Crippen LogP contribution >= 0.6 is 34.3 Å². The van der Waals surface area contributed by atoms with Gasteiger partial charge in [0.1, 0.15) is 32.3 Å². The van der Waals surface area contributed by atoms with E-state index in [1.165, 1.54) is 82.5 Å². The summed E-state index contributed by atoms with van der Waals surface area (Å²) < 4.78 is 129. The molecule has 0 radical (unpaired) electrons. The Bertz CT molecular complexity index is 4290. The number of fused-ring (bicyclic) bond motifs is 2. The van der Waals surface area contributed by atoms with Crippen LogP contribution in [-0.2, 0) is 72.2 Å². The lowest BCUT2D eigenvalue weighted by atomic mass is 9.98. The van der Waals surface area contributed by atoms with Crippen LogP contribution in [0.1, 0.15) is 101 Å². The quantitative estimate of drug-likeness (QED) is 0.0410. The van der Waals surface area contributed by atoms with E-state index < -0.39 is 80.6 Å². The Kier molecular flexibility index (Phi) is 23.6. The third-order valence-electron chi connectivity index (χ3n) is 13.0. The van der Waals surface area contributed by atoms with Gasteiger partial charge < -0.3 is 30.0 Å². The number of rotatable bonds is 18. The van der Waals surface area contributed by atoms with Gasteiger partial charge in [0.05, 0.1) is 55.8 Å². The fraction of sp³-hybridized carbons (Fsp3) is 0.439. The molecular formula is C57H75ClN10O16S6. The molecule has 26 nitrogen and oxygen atoms in total. The number of hydrogen-bond acceptors (Lipinski definition) is 22. The van der Waals surface area contributed by atoms with E-state index >= 15 is 0 Å². The monoisotopic (exact) mass is 1380 g/mol. The SMILES string of the molecule is C.CC(C)(C)C(=O)OCCl.CC(C)CCn1nc(-c2cccs2)c(O)c(C2=NS(=O)(=O)c3cc(N(C)S(C)(=O)=O)ccc3N2)c1=O.CC(C)CCn1nc(-c2cccs2)c(OCOC(=O)C(C)(C)C)c(C2=NS(=O)(=O)c3cc(N(C)S(C)(=O)=O)ccc3N2)c1=O. The van der Waals surface area contributed by atoms with Crippen molar-refractivity contribution in [2.45, 2.75) is 112 Å². The molecule has 0 spiro atoms. The summed E-state index contributed by atoms with van der Waals surface area (Å²) in [4.78, 5) is 51.2. The summed E-state index contributed by atoms with van der Waals surface area (Å²) in [5.74, 6) is -1.55. The Hall–Kier alpha value is -7.23. The minimum atomic E-state index is -4.44. The molecule has 0 unspecified atom stereocenters. The van der Waals surface area contributed by atoms with E-state index in [4.69, 9.17) is 21.1 Å². The van der Waals surface area contributed by atoms with Crippen molar-refractivity contribution in [2.24, 2.45) is 31.5 Å². The molecular weight excluding hydrogens is 1310 g/mol. The highest BCUT2D eigenvalue weighted by Gasteiger charge is 2.35. The van der Waals surface area contributed by atoms with Crippen molar-refractivity contribution in [2.75, 3.05) is 58.7 Å². The molecule has 2 aromatic carbocycles.